The van der Waals surface area contributed by atoms with E-state index in [0.717, 1.165) is 50.5 Å². The Labute approximate surface area is 276 Å². The van der Waals surface area contributed by atoms with Gasteiger partial charge in [0.25, 0.3) is 0 Å². The minimum absolute atomic E-state index is 0.191. The second kappa shape index (κ2) is 14.9. The quantitative estimate of drug-likeness (QED) is 0.0891. The van der Waals surface area contributed by atoms with Crippen molar-refractivity contribution in [3.8, 4) is 22.8 Å². The zero-order valence-corrected chi connectivity index (χ0v) is 28.4. The number of esters is 1. The van der Waals surface area contributed by atoms with E-state index in [1.807, 2.05) is 75.1 Å². The molecule has 46 heavy (non-hydrogen) atoms. The molecule has 8 heteroatoms. The number of carbonyl (C=O) groups excluding carboxylic acids is 1. The number of hydrogen-bond acceptors (Lipinski definition) is 7. The molecule has 0 bridgehead atoms. The lowest BCUT2D eigenvalue weighted by Gasteiger charge is -2.24. The van der Waals surface area contributed by atoms with Crippen LogP contribution in [0, 0.1) is 11.3 Å². The Morgan fingerprint density at radius 2 is 1.76 bits per heavy atom. The molecule has 0 fully saturated rings. The maximum atomic E-state index is 13.1. The molecule has 0 amide bonds. The SMILES string of the molecule is CCOC(=O)C(C)(C)Cc1c(SCC(C)C)c2cc(OCc3ccccn3)ccc2n1Cc1ccc(-c2ccc(OC)nc2)cc1. The van der Waals surface area contributed by atoms with Gasteiger partial charge in [0.15, 0.2) is 0 Å². The molecule has 0 radical (unpaired) electrons. The maximum absolute atomic E-state index is 13.1. The summed E-state index contributed by atoms with van der Waals surface area (Å²) in [4.78, 5) is 23.1. The van der Waals surface area contributed by atoms with E-state index >= 15 is 0 Å². The van der Waals surface area contributed by atoms with E-state index < -0.39 is 5.41 Å². The summed E-state index contributed by atoms with van der Waals surface area (Å²) >= 11 is 1.85. The summed E-state index contributed by atoms with van der Waals surface area (Å²) in [6, 6.07) is 24.6. The number of methoxy groups -OCH3 is 1. The number of pyridine rings is 2. The molecule has 3 heterocycles. The molecule has 7 nitrogen and oxygen atoms in total. The van der Waals surface area contributed by atoms with E-state index in [-0.39, 0.29) is 5.97 Å². The summed E-state index contributed by atoms with van der Waals surface area (Å²) < 4.78 is 19.3. The minimum atomic E-state index is -0.710. The number of carbonyl (C=O) groups is 1. The number of rotatable bonds is 14. The highest BCUT2D eigenvalue weighted by molar-refractivity contribution is 7.99. The van der Waals surface area contributed by atoms with Crippen LogP contribution in [0.15, 0.2) is 90.1 Å². The number of thioether (sulfide) groups is 1. The largest absolute Gasteiger partial charge is 0.487 e. The van der Waals surface area contributed by atoms with Crippen LogP contribution in [0.5, 0.6) is 11.6 Å². The van der Waals surface area contributed by atoms with Crippen LogP contribution in [0.1, 0.15) is 51.6 Å². The first-order valence-electron chi connectivity index (χ1n) is 15.8. The third-order valence-corrected chi connectivity index (χ3v) is 9.35. The number of nitrogens with zero attached hydrogens (tertiary/aromatic N) is 3. The fourth-order valence-electron chi connectivity index (χ4n) is 5.33. The van der Waals surface area contributed by atoms with Crippen molar-refractivity contribution in [2.75, 3.05) is 19.5 Å². The lowest BCUT2D eigenvalue weighted by molar-refractivity contribution is -0.153. The van der Waals surface area contributed by atoms with Crippen LogP contribution >= 0.6 is 11.8 Å². The van der Waals surface area contributed by atoms with E-state index in [4.69, 9.17) is 14.2 Å². The Hall–Kier alpha value is -4.30. The van der Waals surface area contributed by atoms with Gasteiger partial charge in [-0.1, -0.05) is 44.2 Å². The highest BCUT2D eigenvalue weighted by Crippen LogP contribution is 2.41. The molecule has 0 aliphatic heterocycles. The average Bonchev–Trinajstić information content (AvgIpc) is 3.33. The van der Waals surface area contributed by atoms with Gasteiger partial charge in [0.2, 0.25) is 5.88 Å². The summed E-state index contributed by atoms with van der Waals surface area (Å²) in [6.45, 7) is 11.7. The Bertz CT molecular complexity index is 1750. The van der Waals surface area contributed by atoms with Crippen LogP contribution in [-0.2, 0) is 29.1 Å². The number of benzene rings is 2. The fraction of sp³-hybridized carbons (Fsp3) is 0.342. The van der Waals surface area contributed by atoms with E-state index in [0.29, 0.717) is 38.0 Å². The van der Waals surface area contributed by atoms with Crippen molar-refractivity contribution in [3.63, 3.8) is 0 Å². The summed E-state index contributed by atoms with van der Waals surface area (Å²) in [5.41, 5.74) is 5.68. The van der Waals surface area contributed by atoms with Gasteiger partial charge in [-0.05, 0) is 74.2 Å². The van der Waals surface area contributed by atoms with Gasteiger partial charge in [-0.2, -0.15) is 0 Å². The van der Waals surface area contributed by atoms with E-state index in [1.54, 1.807) is 13.3 Å². The molecule has 0 saturated carbocycles. The minimum Gasteiger partial charge on any atom is -0.487 e. The van der Waals surface area contributed by atoms with Crippen molar-refractivity contribution in [2.45, 2.75) is 59.1 Å². The molecular weight excluding hydrogens is 595 g/mol. The van der Waals surface area contributed by atoms with E-state index in [2.05, 4.69) is 64.8 Å². The molecule has 0 atom stereocenters. The highest BCUT2D eigenvalue weighted by atomic mass is 32.2. The number of hydrogen-bond donors (Lipinski definition) is 0. The first-order chi connectivity index (χ1) is 22.2. The second-order valence-electron chi connectivity index (χ2n) is 12.4. The van der Waals surface area contributed by atoms with Gasteiger partial charge in [0.1, 0.15) is 12.4 Å². The van der Waals surface area contributed by atoms with Gasteiger partial charge in [0, 0.05) is 64.2 Å². The topological polar surface area (TPSA) is 75.5 Å². The number of aromatic nitrogens is 3. The molecule has 0 saturated heterocycles. The van der Waals surface area contributed by atoms with Gasteiger partial charge < -0.3 is 18.8 Å². The van der Waals surface area contributed by atoms with Crippen LogP contribution in [0.25, 0.3) is 22.0 Å². The molecule has 5 rings (SSSR count). The fourth-order valence-corrected chi connectivity index (χ4v) is 6.50. The molecule has 0 spiro atoms. The lowest BCUT2D eigenvalue weighted by atomic mass is 9.87. The Kier molecular flexibility index (Phi) is 10.7. The van der Waals surface area contributed by atoms with Crippen LogP contribution in [0.4, 0.5) is 0 Å². The van der Waals surface area contributed by atoms with Crippen LogP contribution < -0.4 is 9.47 Å². The Balaban J connectivity index is 1.56. The summed E-state index contributed by atoms with van der Waals surface area (Å²) in [5.74, 6) is 2.64. The van der Waals surface area contributed by atoms with E-state index in [9.17, 15) is 4.79 Å². The zero-order chi connectivity index (χ0) is 32.7. The maximum Gasteiger partial charge on any atom is 0.311 e. The van der Waals surface area contributed by atoms with Crippen molar-refractivity contribution in [3.05, 3.63) is 102 Å². The zero-order valence-electron chi connectivity index (χ0n) is 27.6. The van der Waals surface area contributed by atoms with Crippen molar-refractivity contribution in [1.29, 1.82) is 0 Å². The van der Waals surface area contributed by atoms with Crippen molar-refractivity contribution >= 4 is 28.6 Å². The van der Waals surface area contributed by atoms with Crippen LogP contribution in [0.3, 0.4) is 0 Å². The predicted molar refractivity (Wildman–Crippen MR) is 186 cm³/mol. The number of ether oxygens (including phenoxy) is 3. The monoisotopic (exact) mass is 637 g/mol. The average molecular weight is 638 g/mol. The normalized spacial score (nSPS) is 11.6. The summed E-state index contributed by atoms with van der Waals surface area (Å²) in [7, 11) is 1.62. The molecule has 0 N–H and O–H groups in total. The van der Waals surface area contributed by atoms with E-state index in [1.165, 1.54) is 4.90 Å². The molecule has 0 aliphatic rings. The van der Waals surface area contributed by atoms with Crippen LogP contribution in [0.2, 0.25) is 0 Å². The standard InChI is InChI=1S/C38H43N3O4S/c1-7-44-37(42)38(4,5)21-34-36(46-25-26(2)3)32-20-31(45-24-30-10-8-9-19-39-30)16-17-33(32)41(34)23-27-11-13-28(14-12-27)29-15-18-35(43-6)40-22-29/h8-20,22,26H,7,21,23-25H2,1-6H3. The van der Waals surface area contributed by atoms with Gasteiger partial charge in [-0.25, -0.2) is 4.98 Å². The first-order valence-corrected chi connectivity index (χ1v) is 16.7. The third kappa shape index (κ3) is 7.91. The third-order valence-electron chi connectivity index (χ3n) is 7.78. The Morgan fingerprint density at radius 1 is 0.978 bits per heavy atom. The van der Waals surface area contributed by atoms with Crippen molar-refractivity contribution in [1.82, 2.24) is 14.5 Å². The lowest BCUT2D eigenvalue weighted by Crippen LogP contribution is -2.30. The van der Waals surface area contributed by atoms with Gasteiger partial charge in [-0.3, -0.25) is 9.78 Å². The van der Waals surface area contributed by atoms with Gasteiger partial charge in [0.05, 0.1) is 24.8 Å². The summed E-state index contributed by atoms with van der Waals surface area (Å²) in [6.07, 6.45) is 4.15. The first kappa shape index (κ1) is 33.1. The molecule has 240 valence electrons. The molecule has 0 unspecified atom stereocenters. The molecular formula is C38H43N3O4S. The molecule has 2 aromatic carbocycles. The van der Waals surface area contributed by atoms with Crippen molar-refractivity contribution < 1.29 is 19.0 Å². The molecule has 3 aromatic heterocycles. The predicted octanol–water partition coefficient (Wildman–Crippen LogP) is 8.61. The Morgan fingerprint density at radius 3 is 2.41 bits per heavy atom. The second-order valence-corrected chi connectivity index (χ2v) is 13.5. The number of fused-ring (bicyclic) bond motifs is 1. The molecule has 0 aliphatic carbocycles. The van der Waals surface area contributed by atoms with Gasteiger partial charge >= 0.3 is 5.97 Å². The smallest absolute Gasteiger partial charge is 0.311 e. The van der Waals surface area contributed by atoms with Crippen molar-refractivity contribution in [2.24, 2.45) is 11.3 Å². The summed E-state index contributed by atoms with van der Waals surface area (Å²) in [5, 5.41) is 1.12. The van der Waals surface area contributed by atoms with Gasteiger partial charge in [-0.15, -0.1) is 11.8 Å². The van der Waals surface area contributed by atoms with Crippen LogP contribution in [-0.4, -0.2) is 40.0 Å². The highest BCUT2D eigenvalue weighted by Gasteiger charge is 2.33. The molecule has 5 aromatic rings.